The van der Waals surface area contributed by atoms with Gasteiger partial charge < -0.3 is 9.73 Å². The fourth-order valence-corrected chi connectivity index (χ4v) is 3.51. The molecule has 1 amide bonds. The van der Waals surface area contributed by atoms with Crippen LogP contribution in [0.25, 0.3) is 33.3 Å². The maximum Gasteiger partial charge on any atom is 0.270 e. The molecule has 31 heavy (non-hydrogen) atoms. The van der Waals surface area contributed by atoms with E-state index in [1.807, 2.05) is 42.5 Å². The van der Waals surface area contributed by atoms with Crippen molar-refractivity contribution in [2.45, 2.75) is 0 Å². The van der Waals surface area contributed by atoms with Crippen LogP contribution in [0.15, 0.2) is 89.3 Å². The van der Waals surface area contributed by atoms with Gasteiger partial charge in [-0.25, -0.2) is 4.98 Å². The van der Waals surface area contributed by atoms with Gasteiger partial charge in [0.05, 0.1) is 16.2 Å². The largest absolute Gasteiger partial charge is 0.436 e. The second-order valence-corrected chi connectivity index (χ2v) is 6.96. The highest BCUT2D eigenvalue weighted by Crippen LogP contribution is 2.33. The molecule has 0 atom stereocenters. The number of carbonyl (C=O) groups excluding carboxylic acids is 1. The van der Waals surface area contributed by atoms with Crippen LogP contribution in [0, 0.1) is 10.1 Å². The summed E-state index contributed by atoms with van der Waals surface area (Å²) in [4.78, 5) is 27.9. The average Bonchev–Trinajstić information content (AvgIpc) is 3.24. The number of nitrogens with one attached hydrogen (secondary N) is 1. The average molecular weight is 409 g/mol. The predicted molar refractivity (Wildman–Crippen MR) is 118 cm³/mol. The smallest absolute Gasteiger partial charge is 0.270 e. The third-order valence-electron chi connectivity index (χ3n) is 5.01. The van der Waals surface area contributed by atoms with E-state index in [0.717, 1.165) is 16.3 Å². The Kier molecular flexibility index (Phi) is 4.41. The number of fused-ring (bicyclic) bond motifs is 3. The maximum absolute atomic E-state index is 12.7. The molecule has 0 saturated heterocycles. The van der Waals surface area contributed by atoms with Gasteiger partial charge in [0.25, 0.3) is 11.6 Å². The van der Waals surface area contributed by atoms with Gasteiger partial charge in [0, 0.05) is 23.1 Å². The zero-order chi connectivity index (χ0) is 21.4. The van der Waals surface area contributed by atoms with E-state index in [9.17, 15) is 14.9 Å². The lowest BCUT2D eigenvalue weighted by Gasteiger charge is -2.08. The summed E-state index contributed by atoms with van der Waals surface area (Å²) in [7, 11) is 0. The van der Waals surface area contributed by atoms with Gasteiger partial charge >= 0.3 is 0 Å². The summed E-state index contributed by atoms with van der Waals surface area (Å²) < 4.78 is 5.99. The molecule has 0 saturated carbocycles. The molecule has 0 bridgehead atoms. The molecule has 0 spiro atoms. The first-order valence-corrected chi connectivity index (χ1v) is 9.54. The molecule has 0 aliphatic rings. The predicted octanol–water partition coefficient (Wildman–Crippen LogP) is 5.81. The first-order valence-electron chi connectivity index (χ1n) is 9.54. The Bertz CT molecular complexity index is 1470. The van der Waals surface area contributed by atoms with E-state index in [4.69, 9.17) is 4.42 Å². The number of nitrogens with zero attached hydrogens (tertiary/aromatic N) is 2. The van der Waals surface area contributed by atoms with Crippen molar-refractivity contribution in [1.29, 1.82) is 0 Å². The lowest BCUT2D eigenvalue weighted by Crippen LogP contribution is -2.12. The number of benzene rings is 4. The summed E-state index contributed by atoms with van der Waals surface area (Å²) in [6.45, 7) is 0. The highest BCUT2D eigenvalue weighted by atomic mass is 16.6. The lowest BCUT2D eigenvalue weighted by molar-refractivity contribution is -0.384. The topological polar surface area (TPSA) is 98.3 Å². The van der Waals surface area contributed by atoms with Gasteiger partial charge in [-0.2, -0.15) is 0 Å². The number of hydrogen-bond acceptors (Lipinski definition) is 5. The van der Waals surface area contributed by atoms with Crippen molar-refractivity contribution in [1.82, 2.24) is 4.98 Å². The lowest BCUT2D eigenvalue weighted by atomic mass is 10.1. The Hall–Kier alpha value is -4.52. The van der Waals surface area contributed by atoms with Crippen molar-refractivity contribution >= 4 is 39.2 Å². The van der Waals surface area contributed by atoms with Crippen LogP contribution in [0.4, 0.5) is 11.4 Å². The van der Waals surface area contributed by atoms with Crippen molar-refractivity contribution in [3.63, 3.8) is 0 Å². The molecule has 7 nitrogen and oxygen atoms in total. The number of non-ortho nitro benzene ring substituents is 1. The van der Waals surface area contributed by atoms with Gasteiger partial charge in [0.15, 0.2) is 5.58 Å². The Labute approximate surface area is 176 Å². The minimum atomic E-state index is -0.534. The molecule has 7 heteroatoms. The second kappa shape index (κ2) is 7.38. The van der Waals surface area contributed by atoms with Gasteiger partial charge in [-0.15, -0.1) is 0 Å². The minimum absolute atomic E-state index is 0.147. The molecule has 1 N–H and O–H groups in total. The number of nitro groups is 1. The summed E-state index contributed by atoms with van der Waals surface area (Å²) >= 11 is 0. The zero-order valence-electron chi connectivity index (χ0n) is 16.1. The Morgan fingerprint density at radius 3 is 2.61 bits per heavy atom. The number of carbonyl (C=O) groups is 1. The quantitative estimate of drug-likeness (QED) is 0.298. The molecule has 5 aromatic rings. The normalized spacial score (nSPS) is 11.0. The first kappa shape index (κ1) is 18.5. The van der Waals surface area contributed by atoms with E-state index in [1.54, 1.807) is 18.2 Å². The molecule has 150 valence electrons. The second-order valence-electron chi connectivity index (χ2n) is 6.96. The molecular formula is C24H15N3O4. The molecule has 0 aliphatic heterocycles. The Morgan fingerprint density at radius 2 is 1.74 bits per heavy atom. The molecule has 0 aliphatic carbocycles. The SMILES string of the molecule is O=C(Nc1ccccc1-c1nc2c(ccc3ccccc32)o1)c1cccc([N+](=O)[O-])c1. The Morgan fingerprint density at radius 1 is 0.935 bits per heavy atom. The van der Waals surface area contributed by atoms with Gasteiger partial charge in [0.2, 0.25) is 5.89 Å². The van der Waals surface area contributed by atoms with Crippen molar-refractivity contribution in [3.8, 4) is 11.5 Å². The molecule has 5 rings (SSSR count). The third kappa shape index (κ3) is 3.38. The van der Waals surface area contributed by atoms with Crippen molar-refractivity contribution in [2.75, 3.05) is 5.32 Å². The van der Waals surface area contributed by atoms with Gasteiger partial charge in [-0.3, -0.25) is 14.9 Å². The first-order chi connectivity index (χ1) is 15.1. The zero-order valence-corrected chi connectivity index (χ0v) is 16.1. The van der Waals surface area contributed by atoms with Crippen LogP contribution in [0.2, 0.25) is 0 Å². The number of anilines is 1. The van der Waals surface area contributed by atoms with Crippen LogP contribution in [-0.4, -0.2) is 15.8 Å². The van der Waals surface area contributed by atoms with E-state index in [2.05, 4.69) is 10.3 Å². The summed E-state index contributed by atoms with van der Waals surface area (Å²) in [5.41, 5.74) is 2.54. The molecule has 1 heterocycles. The minimum Gasteiger partial charge on any atom is -0.436 e. The van der Waals surface area contributed by atoms with Crippen LogP contribution in [0.3, 0.4) is 0 Å². The number of amides is 1. The van der Waals surface area contributed by atoms with Crippen molar-refractivity contribution in [3.05, 3.63) is 101 Å². The summed E-state index contributed by atoms with van der Waals surface area (Å²) in [6.07, 6.45) is 0. The number of oxazole rings is 1. The highest BCUT2D eigenvalue weighted by Gasteiger charge is 2.17. The van der Waals surface area contributed by atoms with E-state index in [0.29, 0.717) is 22.7 Å². The number of nitro benzene ring substituents is 1. The number of rotatable bonds is 4. The summed E-state index contributed by atoms with van der Waals surface area (Å²) in [5.74, 6) is -0.0843. The fraction of sp³-hybridized carbons (Fsp3) is 0. The van der Waals surface area contributed by atoms with Crippen LogP contribution < -0.4 is 5.32 Å². The Balaban J connectivity index is 1.54. The van der Waals surface area contributed by atoms with Crippen LogP contribution in [0.5, 0.6) is 0 Å². The maximum atomic E-state index is 12.7. The third-order valence-corrected chi connectivity index (χ3v) is 5.01. The standard InChI is InChI=1S/C24H15N3O4/c28-23(16-7-5-8-17(14-16)27(29)30)25-20-11-4-3-10-19(20)24-26-22-18-9-2-1-6-15(18)12-13-21(22)31-24/h1-14H,(H,25,28). The molecule has 0 unspecified atom stereocenters. The molecule has 0 radical (unpaired) electrons. The van der Waals surface area contributed by atoms with Crippen LogP contribution in [0.1, 0.15) is 10.4 Å². The number of aromatic nitrogens is 1. The monoisotopic (exact) mass is 409 g/mol. The molecular weight excluding hydrogens is 394 g/mol. The van der Waals surface area contributed by atoms with Gasteiger partial charge in [-0.1, -0.05) is 48.5 Å². The number of para-hydroxylation sites is 1. The fourth-order valence-electron chi connectivity index (χ4n) is 3.51. The van der Waals surface area contributed by atoms with Crippen molar-refractivity contribution < 1.29 is 14.1 Å². The van der Waals surface area contributed by atoms with Crippen molar-refractivity contribution in [2.24, 2.45) is 0 Å². The molecule has 0 fully saturated rings. The van der Waals surface area contributed by atoms with Crippen LogP contribution in [-0.2, 0) is 0 Å². The van der Waals surface area contributed by atoms with E-state index >= 15 is 0 Å². The highest BCUT2D eigenvalue weighted by molar-refractivity contribution is 6.07. The summed E-state index contributed by atoms with van der Waals surface area (Å²) in [6, 6.07) is 24.5. The van der Waals surface area contributed by atoms with E-state index in [1.165, 1.54) is 24.3 Å². The van der Waals surface area contributed by atoms with Gasteiger partial charge in [0.1, 0.15) is 5.52 Å². The van der Waals surface area contributed by atoms with E-state index in [-0.39, 0.29) is 11.3 Å². The van der Waals surface area contributed by atoms with E-state index < -0.39 is 10.8 Å². The summed E-state index contributed by atoms with van der Waals surface area (Å²) in [5, 5.41) is 15.9. The molecule has 1 aromatic heterocycles. The van der Waals surface area contributed by atoms with Gasteiger partial charge in [-0.05, 0) is 29.7 Å². The van der Waals surface area contributed by atoms with Crippen LogP contribution >= 0.6 is 0 Å². The number of hydrogen-bond donors (Lipinski definition) is 1. The molecule has 4 aromatic carbocycles.